The molecule has 0 radical (unpaired) electrons. The van der Waals surface area contributed by atoms with Gasteiger partial charge in [-0.25, -0.2) is 4.68 Å². The Kier molecular flexibility index (Phi) is 4.41. The van der Waals surface area contributed by atoms with Crippen molar-refractivity contribution in [1.82, 2.24) is 9.78 Å². The van der Waals surface area contributed by atoms with Gasteiger partial charge in [0.15, 0.2) is 0 Å². The highest BCUT2D eigenvalue weighted by atomic mass is 19.3. The van der Waals surface area contributed by atoms with Gasteiger partial charge in [-0.05, 0) is 18.2 Å². The monoisotopic (exact) mass is 281 g/mol. The summed E-state index contributed by atoms with van der Waals surface area (Å²) in [7, 11) is 0. The van der Waals surface area contributed by atoms with Crippen molar-refractivity contribution in [2.24, 2.45) is 5.73 Å². The molecule has 0 unspecified atom stereocenters. The van der Waals surface area contributed by atoms with E-state index in [1.165, 1.54) is 22.9 Å². The molecule has 1 heterocycles. The molecule has 5 nitrogen and oxygen atoms in total. The predicted molar refractivity (Wildman–Crippen MR) is 69.6 cm³/mol. The zero-order valence-corrected chi connectivity index (χ0v) is 10.5. The van der Waals surface area contributed by atoms with Crippen LogP contribution in [-0.4, -0.2) is 22.9 Å². The third kappa shape index (κ3) is 3.18. The topological polar surface area (TPSA) is 70.1 Å². The molecule has 0 saturated heterocycles. The van der Waals surface area contributed by atoms with E-state index in [2.05, 4.69) is 9.84 Å². The Bertz CT molecular complexity index is 644. The number of halogens is 2. The normalized spacial score (nSPS) is 10.8. The maximum Gasteiger partial charge on any atom is 0.387 e. The van der Waals surface area contributed by atoms with E-state index in [0.29, 0.717) is 11.3 Å². The van der Waals surface area contributed by atoms with E-state index in [-0.39, 0.29) is 24.4 Å². The lowest BCUT2D eigenvalue weighted by molar-refractivity contribution is -0.0494. The van der Waals surface area contributed by atoms with Gasteiger partial charge in [-0.3, -0.25) is 4.79 Å². The first-order valence-electron chi connectivity index (χ1n) is 5.94. The third-order valence-corrected chi connectivity index (χ3v) is 2.59. The van der Waals surface area contributed by atoms with E-state index in [4.69, 9.17) is 5.73 Å². The smallest absolute Gasteiger partial charge is 0.387 e. The standard InChI is InChI=1S/C13H13F2N3O2/c14-13(15)20-11-4-2-1-3-9(11)10-5-6-12(19)18(17-10)8-7-16/h1-6,13H,7-8,16H2. The van der Waals surface area contributed by atoms with Crippen LogP contribution in [0.2, 0.25) is 0 Å². The van der Waals surface area contributed by atoms with E-state index in [0.717, 1.165) is 0 Å². The molecule has 0 aliphatic carbocycles. The van der Waals surface area contributed by atoms with Gasteiger partial charge in [0, 0.05) is 18.2 Å². The van der Waals surface area contributed by atoms with Crippen molar-refractivity contribution in [2.75, 3.05) is 6.54 Å². The van der Waals surface area contributed by atoms with Crippen LogP contribution in [-0.2, 0) is 6.54 Å². The summed E-state index contributed by atoms with van der Waals surface area (Å²) in [5.74, 6) is 0.00736. The third-order valence-electron chi connectivity index (χ3n) is 2.59. The van der Waals surface area contributed by atoms with Crippen LogP contribution < -0.4 is 16.0 Å². The lowest BCUT2D eigenvalue weighted by Crippen LogP contribution is -2.25. The number of nitrogens with two attached hydrogens (primary N) is 1. The molecule has 0 spiro atoms. The molecule has 1 aromatic carbocycles. The molecule has 0 bridgehead atoms. The molecular formula is C13H13F2N3O2. The van der Waals surface area contributed by atoms with Gasteiger partial charge >= 0.3 is 6.61 Å². The fourth-order valence-corrected chi connectivity index (χ4v) is 1.75. The molecule has 0 aliphatic heterocycles. The zero-order chi connectivity index (χ0) is 14.5. The first kappa shape index (κ1) is 14.1. The van der Waals surface area contributed by atoms with Crippen molar-refractivity contribution >= 4 is 0 Å². The van der Waals surface area contributed by atoms with Gasteiger partial charge in [-0.2, -0.15) is 13.9 Å². The van der Waals surface area contributed by atoms with E-state index in [9.17, 15) is 13.6 Å². The van der Waals surface area contributed by atoms with Crippen molar-refractivity contribution in [3.8, 4) is 17.0 Å². The average Bonchev–Trinajstić information content (AvgIpc) is 2.42. The Morgan fingerprint density at radius 1 is 1.25 bits per heavy atom. The Labute approximate surface area is 113 Å². The van der Waals surface area contributed by atoms with Crippen LogP contribution in [0.25, 0.3) is 11.3 Å². The molecule has 106 valence electrons. The minimum Gasteiger partial charge on any atom is -0.434 e. The van der Waals surface area contributed by atoms with Crippen LogP contribution in [0, 0.1) is 0 Å². The number of ether oxygens (including phenoxy) is 1. The first-order chi connectivity index (χ1) is 9.61. The molecule has 2 aromatic rings. The first-order valence-corrected chi connectivity index (χ1v) is 5.94. The Hall–Kier alpha value is -2.28. The molecule has 2 N–H and O–H groups in total. The number of rotatable bonds is 5. The molecule has 0 atom stereocenters. The highest BCUT2D eigenvalue weighted by molar-refractivity contribution is 5.66. The van der Waals surface area contributed by atoms with Crippen LogP contribution in [0.4, 0.5) is 8.78 Å². The number of hydrogen-bond acceptors (Lipinski definition) is 4. The number of alkyl halides is 2. The van der Waals surface area contributed by atoms with Gasteiger partial charge in [0.25, 0.3) is 5.56 Å². The molecule has 0 aliphatic rings. The van der Waals surface area contributed by atoms with Gasteiger partial charge in [-0.15, -0.1) is 0 Å². The van der Waals surface area contributed by atoms with E-state index in [1.54, 1.807) is 18.2 Å². The lowest BCUT2D eigenvalue weighted by atomic mass is 10.1. The highest BCUT2D eigenvalue weighted by Crippen LogP contribution is 2.28. The second-order valence-electron chi connectivity index (χ2n) is 3.94. The maximum absolute atomic E-state index is 12.4. The van der Waals surface area contributed by atoms with Crippen molar-refractivity contribution in [1.29, 1.82) is 0 Å². The highest BCUT2D eigenvalue weighted by Gasteiger charge is 2.12. The Morgan fingerprint density at radius 3 is 2.70 bits per heavy atom. The number of nitrogens with zero attached hydrogens (tertiary/aromatic N) is 2. The predicted octanol–water partition coefficient (Wildman–Crippen LogP) is 1.47. The Balaban J connectivity index is 2.46. The zero-order valence-electron chi connectivity index (χ0n) is 10.5. The molecule has 0 saturated carbocycles. The largest absolute Gasteiger partial charge is 0.434 e. The SMILES string of the molecule is NCCn1nc(-c2ccccc2OC(F)F)ccc1=O. The van der Waals surface area contributed by atoms with Gasteiger partial charge in [0.2, 0.25) is 0 Å². The lowest BCUT2D eigenvalue weighted by Gasteiger charge is -2.11. The second-order valence-corrected chi connectivity index (χ2v) is 3.94. The van der Waals surface area contributed by atoms with Crippen molar-refractivity contribution in [3.05, 3.63) is 46.8 Å². The quantitative estimate of drug-likeness (QED) is 0.901. The van der Waals surface area contributed by atoms with Crippen molar-refractivity contribution in [2.45, 2.75) is 13.2 Å². The fraction of sp³-hybridized carbons (Fsp3) is 0.231. The maximum atomic E-state index is 12.4. The van der Waals surface area contributed by atoms with Crippen LogP contribution in [0.15, 0.2) is 41.2 Å². The van der Waals surface area contributed by atoms with Crippen LogP contribution in [0.5, 0.6) is 5.75 Å². The summed E-state index contributed by atoms with van der Waals surface area (Å²) in [6.07, 6.45) is 0. The van der Waals surface area contributed by atoms with E-state index < -0.39 is 6.61 Å². The number of para-hydroxylation sites is 1. The van der Waals surface area contributed by atoms with Gasteiger partial charge in [0.1, 0.15) is 5.75 Å². The summed E-state index contributed by atoms with van der Waals surface area (Å²) >= 11 is 0. The number of benzene rings is 1. The summed E-state index contributed by atoms with van der Waals surface area (Å²) < 4.78 is 30.4. The molecule has 20 heavy (non-hydrogen) atoms. The summed E-state index contributed by atoms with van der Waals surface area (Å²) in [6.45, 7) is -2.41. The number of aromatic nitrogens is 2. The van der Waals surface area contributed by atoms with E-state index >= 15 is 0 Å². The average molecular weight is 281 g/mol. The molecule has 0 fully saturated rings. The van der Waals surface area contributed by atoms with Crippen LogP contribution in [0.1, 0.15) is 0 Å². The van der Waals surface area contributed by atoms with E-state index in [1.807, 2.05) is 0 Å². The number of hydrogen-bond donors (Lipinski definition) is 1. The molecule has 0 amide bonds. The van der Waals surface area contributed by atoms with Gasteiger partial charge in [-0.1, -0.05) is 12.1 Å². The minimum atomic E-state index is -2.92. The summed E-state index contributed by atoms with van der Waals surface area (Å²) in [5, 5.41) is 4.10. The molecular weight excluding hydrogens is 268 g/mol. The minimum absolute atomic E-state index is 0.00736. The van der Waals surface area contributed by atoms with Gasteiger partial charge < -0.3 is 10.5 Å². The van der Waals surface area contributed by atoms with Gasteiger partial charge in [0.05, 0.1) is 12.2 Å². The fourth-order valence-electron chi connectivity index (χ4n) is 1.75. The van der Waals surface area contributed by atoms with Crippen LogP contribution >= 0.6 is 0 Å². The summed E-state index contributed by atoms with van der Waals surface area (Å²) in [6, 6.07) is 9.05. The van der Waals surface area contributed by atoms with Crippen molar-refractivity contribution < 1.29 is 13.5 Å². The molecule has 2 rings (SSSR count). The molecule has 1 aromatic heterocycles. The molecule has 7 heteroatoms. The second kappa shape index (κ2) is 6.25. The van der Waals surface area contributed by atoms with Crippen molar-refractivity contribution in [3.63, 3.8) is 0 Å². The summed E-state index contributed by atoms with van der Waals surface area (Å²) in [5.41, 5.74) is 5.85. The van der Waals surface area contributed by atoms with Crippen LogP contribution in [0.3, 0.4) is 0 Å². The Morgan fingerprint density at radius 2 is 2.00 bits per heavy atom. The summed E-state index contributed by atoms with van der Waals surface area (Å²) in [4.78, 5) is 11.5.